The molecule has 170 valence electrons. The molecular formula is C19H11Cl2F6N3O2. The van der Waals surface area contributed by atoms with Crippen LogP contribution in [-0.4, -0.2) is 21.8 Å². The van der Waals surface area contributed by atoms with E-state index in [1.165, 1.54) is 35.0 Å². The van der Waals surface area contributed by atoms with Gasteiger partial charge in [0.15, 0.2) is 5.82 Å². The van der Waals surface area contributed by atoms with Gasteiger partial charge in [0.2, 0.25) is 0 Å². The van der Waals surface area contributed by atoms with E-state index in [2.05, 4.69) is 15.0 Å². The molecule has 5 nitrogen and oxygen atoms in total. The number of nitrogens with one attached hydrogen (secondary N) is 1. The summed E-state index contributed by atoms with van der Waals surface area (Å²) in [7, 11) is 0. The van der Waals surface area contributed by atoms with Gasteiger partial charge in [0, 0.05) is 18.9 Å². The van der Waals surface area contributed by atoms with Crippen molar-refractivity contribution in [2.45, 2.75) is 19.1 Å². The maximum atomic E-state index is 12.8. The Morgan fingerprint density at radius 3 is 2.38 bits per heavy atom. The summed E-state index contributed by atoms with van der Waals surface area (Å²) in [6.45, 7) is -0.107. The first-order valence-corrected chi connectivity index (χ1v) is 9.33. The molecule has 0 bridgehead atoms. The second kappa shape index (κ2) is 8.91. The Labute approximate surface area is 186 Å². The molecular weight excluding hydrogens is 487 g/mol. The number of alkyl halides is 6. The van der Waals surface area contributed by atoms with Crippen LogP contribution in [-0.2, 0) is 12.7 Å². The second-order valence-electron chi connectivity index (χ2n) is 6.29. The van der Waals surface area contributed by atoms with E-state index in [0.29, 0.717) is 17.8 Å². The summed E-state index contributed by atoms with van der Waals surface area (Å²) < 4.78 is 80.3. The zero-order valence-corrected chi connectivity index (χ0v) is 17.1. The quantitative estimate of drug-likeness (QED) is 0.438. The maximum Gasteiger partial charge on any atom is 0.573 e. The smallest absolute Gasteiger partial charge is 0.404 e. The average molecular weight is 498 g/mol. The predicted octanol–water partition coefficient (Wildman–Crippen LogP) is 6.03. The number of hydrogen-bond acceptors (Lipinski definition) is 3. The number of nitrogens with zero attached hydrogens (tertiary/aromatic N) is 2. The van der Waals surface area contributed by atoms with Gasteiger partial charge >= 0.3 is 12.5 Å². The first kappa shape index (κ1) is 23.7. The Morgan fingerprint density at radius 1 is 1.06 bits per heavy atom. The lowest BCUT2D eigenvalue weighted by Gasteiger charge is -2.13. The molecule has 0 spiro atoms. The van der Waals surface area contributed by atoms with Crippen molar-refractivity contribution in [1.29, 1.82) is 0 Å². The summed E-state index contributed by atoms with van der Waals surface area (Å²) in [6, 6.07) is 7.02. The fraction of sp³-hybridized carbons (Fsp3) is 0.158. The van der Waals surface area contributed by atoms with Crippen LogP contribution >= 0.6 is 23.2 Å². The molecule has 3 rings (SSSR count). The van der Waals surface area contributed by atoms with Crippen LogP contribution in [0.15, 0.2) is 48.8 Å². The van der Waals surface area contributed by atoms with Crippen LogP contribution in [0.3, 0.4) is 0 Å². The molecule has 1 amide bonds. The minimum Gasteiger partial charge on any atom is -0.404 e. The normalized spacial score (nSPS) is 12.0. The number of halogens is 8. The molecule has 0 aliphatic heterocycles. The predicted molar refractivity (Wildman–Crippen MR) is 103 cm³/mol. The molecule has 0 radical (unpaired) electrons. The highest BCUT2D eigenvalue weighted by Gasteiger charge is 2.33. The van der Waals surface area contributed by atoms with Crippen LogP contribution in [0.1, 0.15) is 21.6 Å². The molecule has 3 aromatic rings. The Bertz CT molecular complexity index is 1140. The monoisotopic (exact) mass is 497 g/mol. The van der Waals surface area contributed by atoms with Crippen molar-refractivity contribution in [3.05, 3.63) is 75.7 Å². The van der Waals surface area contributed by atoms with Crippen molar-refractivity contribution < 1.29 is 35.9 Å². The third kappa shape index (κ3) is 5.65. The first-order chi connectivity index (χ1) is 14.8. The van der Waals surface area contributed by atoms with E-state index in [-0.39, 0.29) is 28.1 Å². The Balaban J connectivity index is 1.75. The van der Waals surface area contributed by atoms with Crippen molar-refractivity contribution in [2.75, 3.05) is 0 Å². The lowest BCUT2D eigenvalue weighted by Crippen LogP contribution is -2.25. The minimum atomic E-state index is -4.90. The molecule has 2 heterocycles. The second-order valence-corrected chi connectivity index (χ2v) is 7.10. The molecule has 0 fully saturated rings. The molecule has 32 heavy (non-hydrogen) atoms. The van der Waals surface area contributed by atoms with Crippen LogP contribution in [0.4, 0.5) is 26.3 Å². The lowest BCUT2D eigenvalue weighted by molar-refractivity contribution is -0.274. The molecule has 0 unspecified atom stereocenters. The zero-order chi connectivity index (χ0) is 23.7. The fourth-order valence-corrected chi connectivity index (χ4v) is 3.15. The van der Waals surface area contributed by atoms with Crippen LogP contribution in [0.25, 0.3) is 5.82 Å². The number of carbonyl (C=O) groups is 1. The van der Waals surface area contributed by atoms with Crippen LogP contribution < -0.4 is 10.1 Å². The molecule has 0 atom stereocenters. The van der Waals surface area contributed by atoms with Gasteiger partial charge in [-0.05, 0) is 35.9 Å². The van der Waals surface area contributed by atoms with E-state index in [1.807, 2.05) is 0 Å². The van der Waals surface area contributed by atoms with Gasteiger partial charge in [0.05, 0.1) is 15.6 Å². The molecule has 1 aromatic carbocycles. The number of pyridine rings is 1. The van der Waals surface area contributed by atoms with Gasteiger partial charge in [-0.3, -0.25) is 9.36 Å². The lowest BCUT2D eigenvalue weighted by atomic mass is 10.2. The minimum absolute atomic E-state index is 0.0160. The largest absolute Gasteiger partial charge is 0.573 e. The molecule has 0 aliphatic carbocycles. The summed E-state index contributed by atoms with van der Waals surface area (Å²) in [4.78, 5) is 16.3. The number of benzene rings is 1. The van der Waals surface area contributed by atoms with Crippen LogP contribution in [0.2, 0.25) is 10.0 Å². The van der Waals surface area contributed by atoms with Crippen molar-refractivity contribution in [3.63, 3.8) is 0 Å². The zero-order valence-electron chi connectivity index (χ0n) is 15.6. The maximum absolute atomic E-state index is 12.8. The highest BCUT2D eigenvalue weighted by molar-refractivity contribution is 6.32. The highest BCUT2D eigenvalue weighted by atomic mass is 35.5. The fourth-order valence-electron chi connectivity index (χ4n) is 2.65. The van der Waals surface area contributed by atoms with E-state index in [0.717, 1.165) is 6.07 Å². The van der Waals surface area contributed by atoms with E-state index >= 15 is 0 Å². The number of carbonyl (C=O) groups excluding carboxylic acids is 1. The SMILES string of the molecule is O=C(NCc1ccc(OC(F)(F)F)c(Cl)c1)c1cccn1-c1ncc(C(F)(F)F)cc1Cl. The number of rotatable bonds is 5. The summed E-state index contributed by atoms with van der Waals surface area (Å²) in [5.41, 5.74) is -0.650. The number of hydrogen-bond donors (Lipinski definition) is 1. The van der Waals surface area contributed by atoms with Gasteiger partial charge in [0.25, 0.3) is 5.91 Å². The van der Waals surface area contributed by atoms with Crippen LogP contribution in [0, 0.1) is 0 Å². The topological polar surface area (TPSA) is 56.1 Å². The van der Waals surface area contributed by atoms with E-state index < -0.39 is 29.8 Å². The summed E-state index contributed by atoms with van der Waals surface area (Å²) in [5, 5.41) is 1.90. The summed E-state index contributed by atoms with van der Waals surface area (Å²) >= 11 is 11.7. The standard InChI is InChI=1S/C19H11Cl2F6N3O2/c20-12-6-10(3-4-15(12)32-19(25,26)27)8-29-17(31)14-2-1-5-30(14)16-13(21)7-11(9-28-16)18(22,23)24/h1-7,9H,8H2,(H,29,31). The molecule has 2 aromatic heterocycles. The van der Waals surface area contributed by atoms with Crippen molar-refractivity contribution in [2.24, 2.45) is 0 Å². The van der Waals surface area contributed by atoms with Gasteiger partial charge in [-0.2, -0.15) is 13.2 Å². The number of aromatic nitrogens is 2. The number of ether oxygens (including phenoxy) is 1. The number of amides is 1. The third-order valence-electron chi connectivity index (χ3n) is 4.03. The van der Waals surface area contributed by atoms with Gasteiger partial charge in [0.1, 0.15) is 11.4 Å². The van der Waals surface area contributed by atoms with E-state index in [9.17, 15) is 31.1 Å². The average Bonchev–Trinajstić information content (AvgIpc) is 3.16. The molecule has 1 N–H and O–H groups in total. The van der Waals surface area contributed by atoms with E-state index in [4.69, 9.17) is 23.2 Å². The van der Waals surface area contributed by atoms with Gasteiger partial charge in [-0.15, -0.1) is 13.2 Å². The third-order valence-corrected chi connectivity index (χ3v) is 4.61. The van der Waals surface area contributed by atoms with Crippen LogP contribution in [0.5, 0.6) is 5.75 Å². The molecule has 0 saturated heterocycles. The summed E-state index contributed by atoms with van der Waals surface area (Å²) in [5.74, 6) is -1.32. The van der Waals surface area contributed by atoms with Crippen molar-refractivity contribution in [3.8, 4) is 11.6 Å². The van der Waals surface area contributed by atoms with Gasteiger partial charge < -0.3 is 10.1 Å². The molecule has 0 aliphatic rings. The summed E-state index contributed by atoms with van der Waals surface area (Å²) in [6.07, 6.45) is -7.56. The van der Waals surface area contributed by atoms with E-state index in [1.54, 1.807) is 0 Å². The highest BCUT2D eigenvalue weighted by Crippen LogP contribution is 2.33. The molecule has 13 heteroatoms. The van der Waals surface area contributed by atoms with Crippen molar-refractivity contribution >= 4 is 29.1 Å². The Kier molecular flexibility index (Phi) is 6.61. The molecule has 0 saturated carbocycles. The Hall–Kier alpha value is -2.92. The first-order valence-electron chi connectivity index (χ1n) is 8.58. The van der Waals surface area contributed by atoms with Gasteiger partial charge in [-0.25, -0.2) is 4.98 Å². The van der Waals surface area contributed by atoms with Gasteiger partial charge in [-0.1, -0.05) is 29.3 Å². The van der Waals surface area contributed by atoms with Crippen molar-refractivity contribution in [1.82, 2.24) is 14.9 Å². The Morgan fingerprint density at radius 2 is 1.78 bits per heavy atom.